The summed E-state index contributed by atoms with van der Waals surface area (Å²) < 4.78 is 0. The molecule has 0 aliphatic heterocycles. The van der Waals surface area contributed by atoms with Crippen LogP contribution >= 0.6 is 11.8 Å². The zero-order chi connectivity index (χ0) is 16.5. The molecule has 0 bridgehead atoms. The molecule has 2 aromatic rings. The fourth-order valence-electron chi connectivity index (χ4n) is 1.81. The third-order valence-corrected chi connectivity index (χ3v) is 3.67. The summed E-state index contributed by atoms with van der Waals surface area (Å²) in [6, 6.07) is 11.4. The number of hydrogen-bond donors (Lipinski definition) is 2. The van der Waals surface area contributed by atoms with Gasteiger partial charge >= 0.3 is 0 Å². The standard InChI is InChI=1S/C16H16N4O2S/c1-23-14(15(22)18-11-21)8-7-13-9-10-17-16(20-13)19-12-5-3-2-4-6-12/h2-6,8-11H,7H2,1H3,(H,17,19,20)(H,18,21,22)/b14-8-. The number of nitrogens with one attached hydrogen (secondary N) is 2. The van der Waals surface area contributed by atoms with Crippen LogP contribution in [0.15, 0.2) is 53.6 Å². The molecule has 1 heterocycles. The molecule has 0 aliphatic rings. The maximum atomic E-state index is 11.6. The Bertz CT molecular complexity index is 704. The van der Waals surface area contributed by atoms with Crippen molar-refractivity contribution in [2.24, 2.45) is 0 Å². The number of anilines is 2. The van der Waals surface area contributed by atoms with Crippen molar-refractivity contribution in [3.63, 3.8) is 0 Å². The number of benzene rings is 1. The Morgan fingerprint density at radius 3 is 2.74 bits per heavy atom. The number of nitrogens with zero attached hydrogens (tertiary/aromatic N) is 2. The van der Waals surface area contributed by atoms with Crippen molar-refractivity contribution >= 4 is 35.7 Å². The Morgan fingerprint density at radius 1 is 1.26 bits per heavy atom. The van der Waals surface area contributed by atoms with Crippen molar-refractivity contribution in [2.75, 3.05) is 11.6 Å². The quantitative estimate of drug-likeness (QED) is 0.599. The summed E-state index contributed by atoms with van der Waals surface area (Å²) >= 11 is 1.28. The van der Waals surface area contributed by atoms with Crippen LogP contribution in [0.2, 0.25) is 0 Å². The fourth-order valence-corrected chi connectivity index (χ4v) is 2.31. The van der Waals surface area contributed by atoms with E-state index in [1.165, 1.54) is 11.8 Å². The number of imide groups is 1. The topological polar surface area (TPSA) is 84.0 Å². The van der Waals surface area contributed by atoms with Crippen LogP contribution in [-0.2, 0) is 16.0 Å². The molecule has 1 aromatic carbocycles. The van der Waals surface area contributed by atoms with Gasteiger partial charge in [0.25, 0.3) is 5.91 Å². The van der Waals surface area contributed by atoms with Gasteiger partial charge in [-0.3, -0.25) is 14.9 Å². The maximum Gasteiger partial charge on any atom is 0.263 e. The predicted molar refractivity (Wildman–Crippen MR) is 91.3 cm³/mol. The Labute approximate surface area is 138 Å². The molecule has 0 spiro atoms. The van der Waals surface area contributed by atoms with Gasteiger partial charge in [0.15, 0.2) is 0 Å². The lowest BCUT2D eigenvalue weighted by Crippen LogP contribution is -2.21. The van der Waals surface area contributed by atoms with Gasteiger partial charge in [-0.2, -0.15) is 0 Å². The van der Waals surface area contributed by atoms with Crippen molar-refractivity contribution in [3.05, 3.63) is 59.3 Å². The second-order valence-corrected chi connectivity index (χ2v) is 5.28. The van der Waals surface area contributed by atoms with Gasteiger partial charge in [0.2, 0.25) is 12.4 Å². The molecule has 2 amide bonds. The summed E-state index contributed by atoms with van der Waals surface area (Å²) in [6.45, 7) is 0. The van der Waals surface area contributed by atoms with E-state index in [9.17, 15) is 9.59 Å². The van der Waals surface area contributed by atoms with Crippen molar-refractivity contribution < 1.29 is 9.59 Å². The van der Waals surface area contributed by atoms with Gasteiger partial charge in [0.05, 0.1) is 4.91 Å². The number of thioether (sulfide) groups is 1. The number of rotatable bonds is 7. The summed E-state index contributed by atoms with van der Waals surface area (Å²) in [6.07, 6.45) is 6.01. The third kappa shape index (κ3) is 5.23. The van der Waals surface area contributed by atoms with Gasteiger partial charge in [0, 0.05) is 24.0 Å². The Kier molecular flexibility index (Phi) is 6.31. The van der Waals surface area contributed by atoms with E-state index in [4.69, 9.17) is 0 Å². The first-order valence-electron chi connectivity index (χ1n) is 6.85. The molecule has 2 rings (SSSR count). The summed E-state index contributed by atoms with van der Waals surface area (Å²) in [4.78, 5) is 31.0. The van der Waals surface area contributed by atoms with Crippen molar-refractivity contribution in [1.29, 1.82) is 0 Å². The number of allylic oxidation sites excluding steroid dienone is 1. The Hall–Kier alpha value is -2.67. The largest absolute Gasteiger partial charge is 0.324 e. The maximum absolute atomic E-state index is 11.6. The van der Waals surface area contributed by atoms with E-state index in [1.54, 1.807) is 24.6 Å². The summed E-state index contributed by atoms with van der Waals surface area (Å²) in [7, 11) is 0. The Balaban J connectivity index is 2.07. The molecule has 1 aromatic heterocycles. The first-order valence-corrected chi connectivity index (χ1v) is 8.08. The van der Waals surface area contributed by atoms with Gasteiger partial charge in [-0.15, -0.1) is 11.8 Å². The molecule has 118 valence electrons. The minimum atomic E-state index is -0.413. The molecule has 0 saturated heterocycles. The van der Waals surface area contributed by atoms with Crippen LogP contribution in [0.1, 0.15) is 5.69 Å². The van der Waals surface area contributed by atoms with Gasteiger partial charge in [-0.1, -0.05) is 24.3 Å². The average molecular weight is 328 g/mol. The highest BCUT2D eigenvalue weighted by atomic mass is 32.2. The van der Waals surface area contributed by atoms with Crippen molar-refractivity contribution in [1.82, 2.24) is 15.3 Å². The highest BCUT2D eigenvalue weighted by molar-refractivity contribution is 8.03. The number of carbonyl (C=O) groups is 2. The fraction of sp³-hybridized carbons (Fsp3) is 0.125. The van der Waals surface area contributed by atoms with Crippen LogP contribution in [0.4, 0.5) is 11.6 Å². The Morgan fingerprint density at radius 2 is 2.04 bits per heavy atom. The number of hydrogen-bond acceptors (Lipinski definition) is 6. The summed E-state index contributed by atoms with van der Waals surface area (Å²) in [5.74, 6) is 0.0781. The van der Waals surface area contributed by atoms with E-state index in [2.05, 4.69) is 20.6 Å². The molecule has 0 unspecified atom stereocenters. The van der Waals surface area contributed by atoms with Crippen LogP contribution in [0.25, 0.3) is 0 Å². The highest BCUT2D eigenvalue weighted by Crippen LogP contribution is 2.15. The van der Waals surface area contributed by atoms with Crippen LogP contribution < -0.4 is 10.6 Å². The van der Waals surface area contributed by atoms with E-state index in [-0.39, 0.29) is 0 Å². The molecule has 7 heteroatoms. The zero-order valence-electron chi connectivity index (χ0n) is 12.5. The first-order chi connectivity index (χ1) is 11.2. The van der Waals surface area contributed by atoms with E-state index in [0.29, 0.717) is 23.7 Å². The van der Waals surface area contributed by atoms with Crippen molar-refractivity contribution in [2.45, 2.75) is 6.42 Å². The van der Waals surface area contributed by atoms with E-state index < -0.39 is 5.91 Å². The molecule has 0 fully saturated rings. The van der Waals surface area contributed by atoms with Gasteiger partial charge in [-0.25, -0.2) is 9.97 Å². The highest BCUT2D eigenvalue weighted by Gasteiger charge is 2.07. The lowest BCUT2D eigenvalue weighted by atomic mass is 10.2. The molecular weight excluding hydrogens is 312 g/mol. The van der Waals surface area contributed by atoms with Gasteiger partial charge in [0.1, 0.15) is 0 Å². The molecule has 0 saturated carbocycles. The molecule has 2 N–H and O–H groups in total. The van der Waals surface area contributed by atoms with Gasteiger partial charge < -0.3 is 5.32 Å². The number of carbonyl (C=O) groups excluding carboxylic acids is 2. The smallest absolute Gasteiger partial charge is 0.263 e. The third-order valence-electron chi connectivity index (χ3n) is 2.87. The molecule has 6 nitrogen and oxygen atoms in total. The number of para-hydroxylation sites is 1. The van der Waals surface area contributed by atoms with E-state index in [0.717, 1.165) is 11.4 Å². The van der Waals surface area contributed by atoms with Crippen LogP contribution in [0.3, 0.4) is 0 Å². The van der Waals surface area contributed by atoms with Crippen LogP contribution in [0, 0.1) is 0 Å². The summed E-state index contributed by atoms with van der Waals surface area (Å²) in [5.41, 5.74) is 1.67. The van der Waals surface area contributed by atoms with E-state index in [1.807, 2.05) is 30.3 Å². The molecule has 0 radical (unpaired) electrons. The molecular formula is C16H16N4O2S. The number of aromatic nitrogens is 2. The first kappa shape index (κ1) is 16.7. The minimum absolute atomic E-state index is 0.374. The normalized spacial score (nSPS) is 10.9. The second-order valence-electron chi connectivity index (χ2n) is 4.43. The van der Waals surface area contributed by atoms with Crippen LogP contribution in [0.5, 0.6) is 0 Å². The zero-order valence-corrected chi connectivity index (χ0v) is 13.3. The lowest BCUT2D eigenvalue weighted by molar-refractivity contribution is -0.121. The molecule has 23 heavy (non-hydrogen) atoms. The molecule has 0 aliphatic carbocycles. The SMILES string of the molecule is CS/C(=C\Cc1ccnc(Nc2ccccc2)n1)C(=O)NC=O. The van der Waals surface area contributed by atoms with Gasteiger partial charge in [-0.05, 0) is 24.5 Å². The number of amides is 2. The van der Waals surface area contributed by atoms with E-state index >= 15 is 0 Å². The van der Waals surface area contributed by atoms with Crippen LogP contribution in [-0.4, -0.2) is 28.5 Å². The monoisotopic (exact) mass is 328 g/mol. The summed E-state index contributed by atoms with van der Waals surface area (Å²) in [5, 5.41) is 5.24. The second kappa shape index (κ2) is 8.70. The molecule has 0 atom stereocenters. The predicted octanol–water partition coefficient (Wildman–Crippen LogP) is 2.28. The minimum Gasteiger partial charge on any atom is -0.324 e. The van der Waals surface area contributed by atoms with Crippen molar-refractivity contribution in [3.8, 4) is 0 Å². The average Bonchev–Trinajstić information content (AvgIpc) is 2.57. The lowest BCUT2D eigenvalue weighted by Gasteiger charge is -2.06.